The second kappa shape index (κ2) is 7.42. The van der Waals surface area contributed by atoms with Gasteiger partial charge in [0, 0.05) is 20.0 Å². The highest BCUT2D eigenvalue weighted by Crippen LogP contribution is 2.27. The molecule has 0 spiro atoms. The zero-order chi connectivity index (χ0) is 20.7. The molecule has 2 aromatic heterocycles. The average Bonchev–Trinajstić information content (AvgIpc) is 3.12. The van der Waals surface area contributed by atoms with E-state index in [1.165, 1.54) is 4.57 Å². The summed E-state index contributed by atoms with van der Waals surface area (Å²) in [4.78, 5) is 31.6. The van der Waals surface area contributed by atoms with E-state index in [4.69, 9.17) is 4.74 Å². The third kappa shape index (κ3) is 3.22. The lowest BCUT2D eigenvalue weighted by atomic mass is 10.1. The number of rotatable bonds is 5. The highest BCUT2D eigenvalue weighted by Gasteiger charge is 2.33. The first-order chi connectivity index (χ1) is 13.9. The van der Waals surface area contributed by atoms with E-state index in [0.717, 1.165) is 43.3 Å². The van der Waals surface area contributed by atoms with Crippen molar-refractivity contribution >= 4 is 22.8 Å². The van der Waals surface area contributed by atoms with E-state index in [-0.39, 0.29) is 11.2 Å². The maximum absolute atomic E-state index is 13.2. The van der Waals surface area contributed by atoms with Crippen molar-refractivity contribution < 1.29 is 9.30 Å². The summed E-state index contributed by atoms with van der Waals surface area (Å²) in [6.07, 6.45) is 1.70. The molecule has 0 saturated carbocycles. The van der Waals surface area contributed by atoms with Gasteiger partial charge in [-0.3, -0.25) is 13.9 Å². The predicted molar refractivity (Wildman–Crippen MR) is 112 cm³/mol. The van der Waals surface area contributed by atoms with Gasteiger partial charge in [-0.1, -0.05) is 13.8 Å². The molecule has 29 heavy (non-hydrogen) atoms. The number of methoxy groups -OCH3 is 1. The first-order valence-electron chi connectivity index (χ1n) is 10.1. The molecule has 0 radical (unpaired) electrons. The summed E-state index contributed by atoms with van der Waals surface area (Å²) >= 11 is 0. The summed E-state index contributed by atoms with van der Waals surface area (Å²) in [5.74, 6) is 2.04. The van der Waals surface area contributed by atoms with Crippen LogP contribution < -0.4 is 25.5 Å². The smallest absolute Gasteiger partial charge is 0.364 e. The lowest BCUT2D eigenvalue weighted by Gasteiger charge is -2.22. The average molecular weight is 398 g/mol. The zero-order valence-corrected chi connectivity index (χ0v) is 17.4. The van der Waals surface area contributed by atoms with Gasteiger partial charge >= 0.3 is 11.6 Å². The standard InChI is InChI=1S/C21H27N5O3/c1-14(2)10-13-26-19(27)17-18(23(3)21(26)28)22-20-24(11-5-12-25(17)20)15-6-8-16(29-4)9-7-15/h6-9,14H,5,10-13H2,1-4H3/p+1. The summed E-state index contributed by atoms with van der Waals surface area (Å²) < 4.78 is 10.2. The van der Waals surface area contributed by atoms with Crippen LogP contribution in [0.15, 0.2) is 33.9 Å². The number of hydrogen-bond donors (Lipinski definition) is 1. The number of fused-ring (bicyclic) bond motifs is 3. The monoisotopic (exact) mass is 398 g/mol. The van der Waals surface area contributed by atoms with Gasteiger partial charge in [-0.25, -0.2) is 19.2 Å². The molecule has 8 nitrogen and oxygen atoms in total. The van der Waals surface area contributed by atoms with E-state index < -0.39 is 0 Å². The highest BCUT2D eigenvalue weighted by molar-refractivity contribution is 5.70. The van der Waals surface area contributed by atoms with Crippen molar-refractivity contribution in [3.05, 3.63) is 45.1 Å². The molecule has 0 saturated heterocycles. The molecular weight excluding hydrogens is 370 g/mol. The number of anilines is 2. The van der Waals surface area contributed by atoms with E-state index in [0.29, 0.717) is 23.6 Å². The quantitative estimate of drug-likeness (QED) is 0.666. The number of H-pyrrole nitrogens is 1. The van der Waals surface area contributed by atoms with Gasteiger partial charge in [-0.05, 0) is 36.6 Å². The van der Waals surface area contributed by atoms with Crippen molar-refractivity contribution in [2.24, 2.45) is 13.0 Å². The van der Waals surface area contributed by atoms with Crippen LogP contribution in [0.1, 0.15) is 26.7 Å². The number of aryl methyl sites for hydroxylation is 2. The normalized spacial score (nSPS) is 13.9. The minimum atomic E-state index is -0.279. The van der Waals surface area contributed by atoms with Crippen molar-refractivity contribution in [2.45, 2.75) is 39.8 Å². The molecule has 154 valence electrons. The van der Waals surface area contributed by atoms with Gasteiger partial charge in [-0.2, -0.15) is 0 Å². The third-order valence-corrected chi connectivity index (χ3v) is 5.61. The number of nitrogens with zero attached hydrogens (tertiary/aromatic N) is 4. The first kappa shape index (κ1) is 19.3. The molecule has 1 N–H and O–H groups in total. The van der Waals surface area contributed by atoms with Gasteiger partial charge in [0.15, 0.2) is 0 Å². The summed E-state index contributed by atoms with van der Waals surface area (Å²) in [5.41, 5.74) is 1.64. The lowest BCUT2D eigenvalue weighted by molar-refractivity contribution is -0.663. The predicted octanol–water partition coefficient (Wildman–Crippen LogP) is 1.91. The molecule has 4 rings (SSSR count). The van der Waals surface area contributed by atoms with E-state index in [9.17, 15) is 9.59 Å². The Hall–Kier alpha value is -3.03. The Bertz CT molecular complexity index is 1150. The maximum atomic E-state index is 13.2. The van der Waals surface area contributed by atoms with Gasteiger partial charge in [0.1, 0.15) is 11.4 Å². The Kier molecular flexibility index (Phi) is 4.94. The van der Waals surface area contributed by atoms with E-state index in [1.54, 1.807) is 18.7 Å². The van der Waals surface area contributed by atoms with Gasteiger partial charge in [0.25, 0.3) is 5.56 Å². The number of aromatic nitrogens is 4. The molecule has 1 aromatic carbocycles. The Morgan fingerprint density at radius 3 is 2.59 bits per heavy atom. The van der Waals surface area contributed by atoms with Gasteiger partial charge in [0.2, 0.25) is 11.2 Å². The van der Waals surface area contributed by atoms with Crippen LogP contribution in [-0.2, 0) is 20.1 Å². The topological polar surface area (TPSA) is 76.1 Å². The largest absolute Gasteiger partial charge is 0.497 e. The Morgan fingerprint density at radius 2 is 1.93 bits per heavy atom. The fraction of sp³-hybridized carbons (Fsp3) is 0.476. The number of imidazole rings is 1. The van der Waals surface area contributed by atoms with Crippen LogP contribution in [0.4, 0.5) is 11.6 Å². The van der Waals surface area contributed by atoms with Crippen molar-refractivity contribution in [1.82, 2.24) is 14.1 Å². The fourth-order valence-corrected chi connectivity index (χ4v) is 3.94. The van der Waals surface area contributed by atoms with Crippen LogP contribution in [0, 0.1) is 5.92 Å². The molecular formula is C21H28N5O3+. The van der Waals surface area contributed by atoms with Crippen molar-refractivity contribution in [1.29, 1.82) is 0 Å². The minimum absolute atomic E-state index is 0.220. The second-order valence-corrected chi connectivity index (χ2v) is 7.98. The molecule has 0 atom stereocenters. The molecule has 0 unspecified atom stereocenters. The second-order valence-electron chi connectivity index (χ2n) is 7.98. The fourth-order valence-electron chi connectivity index (χ4n) is 3.94. The molecule has 1 aliphatic heterocycles. The maximum Gasteiger partial charge on any atom is 0.364 e. The van der Waals surface area contributed by atoms with Crippen LogP contribution in [0.5, 0.6) is 5.75 Å². The van der Waals surface area contributed by atoms with Crippen LogP contribution in [0.2, 0.25) is 0 Å². The summed E-state index contributed by atoms with van der Waals surface area (Å²) in [7, 11) is 3.36. The van der Waals surface area contributed by atoms with Crippen molar-refractivity contribution in [3.63, 3.8) is 0 Å². The van der Waals surface area contributed by atoms with E-state index in [2.05, 4.69) is 23.7 Å². The number of aromatic amines is 1. The first-order valence-corrected chi connectivity index (χ1v) is 10.1. The van der Waals surface area contributed by atoms with Crippen LogP contribution in [0.25, 0.3) is 11.2 Å². The number of nitrogens with one attached hydrogen (secondary N) is 1. The molecule has 0 bridgehead atoms. The van der Waals surface area contributed by atoms with E-state index >= 15 is 0 Å². The Labute approximate surface area is 169 Å². The molecule has 3 heterocycles. The van der Waals surface area contributed by atoms with Gasteiger partial charge in [-0.15, -0.1) is 0 Å². The van der Waals surface area contributed by atoms with Gasteiger partial charge in [0.05, 0.1) is 20.2 Å². The molecule has 0 amide bonds. The summed E-state index contributed by atoms with van der Waals surface area (Å²) in [6, 6.07) is 7.84. The van der Waals surface area contributed by atoms with Crippen LogP contribution >= 0.6 is 0 Å². The number of ether oxygens (including phenoxy) is 1. The van der Waals surface area contributed by atoms with Crippen molar-refractivity contribution in [3.8, 4) is 5.75 Å². The Morgan fingerprint density at radius 1 is 1.21 bits per heavy atom. The molecule has 0 aliphatic carbocycles. The van der Waals surface area contributed by atoms with Crippen LogP contribution in [-0.4, -0.2) is 27.8 Å². The summed E-state index contributed by atoms with van der Waals surface area (Å²) in [6.45, 7) is 6.18. The minimum Gasteiger partial charge on any atom is -0.497 e. The van der Waals surface area contributed by atoms with Crippen molar-refractivity contribution in [2.75, 3.05) is 18.6 Å². The zero-order valence-electron chi connectivity index (χ0n) is 17.4. The highest BCUT2D eigenvalue weighted by atomic mass is 16.5. The summed E-state index contributed by atoms with van der Waals surface area (Å²) in [5, 5.41) is 0. The Balaban J connectivity index is 1.87. The molecule has 8 heteroatoms. The number of hydrogen-bond acceptors (Lipinski definition) is 4. The number of benzene rings is 1. The third-order valence-electron chi connectivity index (χ3n) is 5.61. The van der Waals surface area contributed by atoms with E-state index in [1.807, 2.05) is 28.8 Å². The molecule has 1 aliphatic rings. The lowest BCUT2D eigenvalue weighted by Crippen LogP contribution is -2.49. The van der Waals surface area contributed by atoms with Crippen LogP contribution in [0.3, 0.4) is 0 Å². The SMILES string of the molecule is COc1ccc(N2CCC[n+]3c2[nH]c2c3c(=O)n(CCC(C)C)c(=O)n2C)cc1. The molecule has 3 aromatic rings. The van der Waals surface area contributed by atoms with Gasteiger partial charge < -0.3 is 4.74 Å². The molecule has 0 fully saturated rings.